The maximum absolute atomic E-state index is 11.9. The smallest absolute Gasteiger partial charge is 0.407 e. The molecule has 1 aliphatic heterocycles. The van der Waals surface area contributed by atoms with Crippen LogP contribution in [0.25, 0.3) is 0 Å². The van der Waals surface area contributed by atoms with Crippen LogP contribution in [0.2, 0.25) is 0 Å². The number of alkyl carbamates (subject to hydrolysis) is 1. The molecular weight excluding hydrogens is 310 g/mol. The van der Waals surface area contributed by atoms with Crippen molar-refractivity contribution in [3.8, 4) is 0 Å². The number of carbonyl (C=O) groups excluding carboxylic acids is 2. The molecule has 0 radical (unpaired) electrons. The summed E-state index contributed by atoms with van der Waals surface area (Å²) in [6.45, 7) is 5.44. The summed E-state index contributed by atoms with van der Waals surface area (Å²) < 4.78 is 33.4. The molecule has 1 rings (SSSR count). The first-order chi connectivity index (χ1) is 10.0. The van der Waals surface area contributed by atoms with Gasteiger partial charge in [-0.25, -0.2) is 13.2 Å². The van der Waals surface area contributed by atoms with Gasteiger partial charge in [0, 0.05) is 6.54 Å². The fourth-order valence-corrected chi connectivity index (χ4v) is 3.89. The molecule has 0 bridgehead atoms. The summed E-state index contributed by atoms with van der Waals surface area (Å²) >= 11 is 0. The van der Waals surface area contributed by atoms with Crippen LogP contribution in [-0.2, 0) is 24.1 Å². The quantitative estimate of drug-likeness (QED) is 0.776. The minimum absolute atomic E-state index is 0.0150. The van der Waals surface area contributed by atoms with Crippen molar-refractivity contribution in [2.45, 2.75) is 39.2 Å². The number of hydrogen-bond donors (Lipinski definition) is 1. The van der Waals surface area contributed by atoms with E-state index in [1.54, 1.807) is 20.8 Å². The maximum atomic E-state index is 11.9. The number of ether oxygens (including phenoxy) is 2. The molecule has 1 N–H and O–H groups in total. The Kier molecular flexibility index (Phi) is 6.22. The second-order valence-corrected chi connectivity index (χ2v) is 8.81. The van der Waals surface area contributed by atoms with E-state index in [1.807, 2.05) is 0 Å². The Morgan fingerprint density at radius 1 is 1.18 bits per heavy atom. The van der Waals surface area contributed by atoms with Crippen LogP contribution >= 0.6 is 0 Å². The molecule has 22 heavy (non-hydrogen) atoms. The minimum atomic E-state index is -3.15. The molecule has 0 aromatic carbocycles. The van der Waals surface area contributed by atoms with E-state index in [2.05, 4.69) is 5.32 Å². The summed E-state index contributed by atoms with van der Waals surface area (Å²) in [5.41, 5.74) is -0.612. The van der Waals surface area contributed by atoms with E-state index in [4.69, 9.17) is 9.47 Å². The van der Waals surface area contributed by atoms with E-state index in [0.29, 0.717) is 6.42 Å². The van der Waals surface area contributed by atoms with Crippen molar-refractivity contribution in [1.82, 2.24) is 5.32 Å². The van der Waals surface area contributed by atoms with Crippen molar-refractivity contribution in [3.63, 3.8) is 0 Å². The zero-order valence-electron chi connectivity index (χ0n) is 13.5. The third kappa shape index (κ3) is 6.21. The van der Waals surface area contributed by atoms with E-state index >= 15 is 0 Å². The Morgan fingerprint density at radius 3 is 2.32 bits per heavy atom. The van der Waals surface area contributed by atoms with Gasteiger partial charge in [-0.2, -0.15) is 0 Å². The van der Waals surface area contributed by atoms with Crippen molar-refractivity contribution in [3.05, 3.63) is 0 Å². The largest absolute Gasteiger partial charge is 0.469 e. The monoisotopic (exact) mass is 335 g/mol. The second-order valence-electron chi connectivity index (χ2n) is 6.50. The predicted molar refractivity (Wildman–Crippen MR) is 81.1 cm³/mol. The first kappa shape index (κ1) is 18.7. The summed E-state index contributed by atoms with van der Waals surface area (Å²) in [5, 5.41) is 2.61. The van der Waals surface area contributed by atoms with Crippen LogP contribution in [-0.4, -0.2) is 51.2 Å². The molecule has 1 amide bonds. The first-order valence-corrected chi connectivity index (χ1v) is 9.11. The molecule has 0 aromatic rings. The Labute approximate surface area is 131 Å². The van der Waals surface area contributed by atoms with Crippen molar-refractivity contribution in [1.29, 1.82) is 0 Å². The number of hydrogen-bond acceptors (Lipinski definition) is 6. The van der Waals surface area contributed by atoms with Crippen LogP contribution in [0.1, 0.15) is 33.6 Å². The zero-order valence-corrected chi connectivity index (χ0v) is 14.4. The second kappa shape index (κ2) is 7.30. The molecule has 1 fully saturated rings. The van der Waals surface area contributed by atoms with Crippen LogP contribution in [0.15, 0.2) is 0 Å². The summed E-state index contributed by atoms with van der Waals surface area (Å²) in [5.74, 6) is -1.26. The summed E-state index contributed by atoms with van der Waals surface area (Å²) in [6.07, 6.45) is -0.0451. The molecule has 8 heteroatoms. The van der Waals surface area contributed by atoms with E-state index in [9.17, 15) is 18.0 Å². The molecule has 1 aliphatic rings. The van der Waals surface area contributed by atoms with Gasteiger partial charge in [0.1, 0.15) is 15.4 Å². The topological polar surface area (TPSA) is 98.8 Å². The van der Waals surface area contributed by atoms with Crippen LogP contribution in [0.3, 0.4) is 0 Å². The lowest BCUT2D eigenvalue weighted by Gasteiger charge is -2.24. The number of nitrogens with one attached hydrogen (secondary N) is 1. The van der Waals surface area contributed by atoms with Gasteiger partial charge in [-0.1, -0.05) is 0 Å². The minimum Gasteiger partial charge on any atom is -0.469 e. The van der Waals surface area contributed by atoms with Gasteiger partial charge in [0.2, 0.25) is 0 Å². The summed E-state index contributed by atoms with van der Waals surface area (Å²) in [6, 6.07) is 0. The van der Waals surface area contributed by atoms with Crippen molar-refractivity contribution >= 4 is 21.9 Å². The van der Waals surface area contributed by atoms with Crippen LogP contribution < -0.4 is 5.32 Å². The number of sulfone groups is 1. The van der Waals surface area contributed by atoms with Gasteiger partial charge in [0.05, 0.1) is 24.5 Å². The van der Waals surface area contributed by atoms with Crippen LogP contribution in [0.4, 0.5) is 4.79 Å². The van der Waals surface area contributed by atoms with Gasteiger partial charge < -0.3 is 14.8 Å². The van der Waals surface area contributed by atoms with E-state index in [0.717, 1.165) is 0 Å². The number of carbonyl (C=O) groups is 2. The van der Waals surface area contributed by atoms with Gasteiger partial charge in [-0.3, -0.25) is 4.79 Å². The van der Waals surface area contributed by atoms with Crippen molar-refractivity contribution in [2.75, 3.05) is 25.2 Å². The highest BCUT2D eigenvalue weighted by Crippen LogP contribution is 2.26. The number of rotatable bonds is 3. The highest BCUT2D eigenvalue weighted by molar-refractivity contribution is 7.91. The molecule has 0 spiro atoms. The lowest BCUT2D eigenvalue weighted by molar-refractivity contribution is -0.147. The molecule has 0 aromatic heterocycles. The molecule has 7 nitrogen and oxygen atoms in total. The molecule has 1 saturated heterocycles. The van der Waals surface area contributed by atoms with E-state index in [1.165, 1.54) is 7.11 Å². The molecule has 0 aliphatic carbocycles. The average molecular weight is 335 g/mol. The van der Waals surface area contributed by atoms with Gasteiger partial charge in [-0.15, -0.1) is 0 Å². The average Bonchev–Trinajstić information content (AvgIpc) is 2.52. The molecule has 1 heterocycles. The molecule has 2 atom stereocenters. The lowest BCUT2D eigenvalue weighted by atomic mass is 9.88. The van der Waals surface area contributed by atoms with Gasteiger partial charge in [-0.05, 0) is 39.5 Å². The maximum Gasteiger partial charge on any atom is 0.407 e. The third-order valence-electron chi connectivity index (χ3n) is 3.52. The van der Waals surface area contributed by atoms with Crippen molar-refractivity contribution < 1.29 is 27.5 Å². The van der Waals surface area contributed by atoms with Crippen LogP contribution in [0.5, 0.6) is 0 Å². The van der Waals surface area contributed by atoms with E-state index < -0.39 is 33.4 Å². The zero-order chi connectivity index (χ0) is 17.0. The normalized spacial score (nSPS) is 24.9. The van der Waals surface area contributed by atoms with Gasteiger partial charge >= 0.3 is 12.1 Å². The highest BCUT2D eigenvalue weighted by Gasteiger charge is 2.35. The van der Waals surface area contributed by atoms with E-state index in [-0.39, 0.29) is 30.4 Å². The summed E-state index contributed by atoms with van der Waals surface area (Å²) in [4.78, 5) is 23.5. The van der Waals surface area contributed by atoms with Gasteiger partial charge in [0.25, 0.3) is 0 Å². The Morgan fingerprint density at radius 2 is 1.77 bits per heavy atom. The standard InChI is InChI=1S/C14H25NO6S/c1-14(2,3)21-13(17)15-9-10-5-7-22(18,19)8-6-11(10)12(16)20-4/h10-11H,5-9H2,1-4H3,(H,15,17). The molecular formula is C14H25NO6S. The van der Waals surface area contributed by atoms with Gasteiger partial charge in [0.15, 0.2) is 0 Å². The first-order valence-electron chi connectivity index (χ1n) is 7.29. The predicted octanol–water partition coefficient (Wildman–Crippen LogP) is 1.13. The molecule has 2 unspecified atom stereocenters. The highest BCUT2D eigenvalue weighted by atomic mass is 32.2. The number of esters is 1. The lowest BCUT2D eigenvalue weighted by Crippen LogP contribution is -2.38. The molecule has 128 valence electrons. The van der Waals surface area contributed by atoms with Crippen LogP contribution in [0, 0.1) is 11.8 Å². The Bertz CT molecular complexity index is 508. The summed E-state index contributed by atoms with van der Waals surface area (Å²) in [7, 11) is -1.87. The Balaban J connectivity index is 2.70. The fraction of sp³-hybridized carbons (Fsp3) is 0.857. The third-order valence-corrected chi connectivity index (χ3v) is 5.24. The Hall–Kier alpha value is -1.31. The fourth-order valence-electron chi connectivity index (χ4n) is 2.41. The SMILES string of the molecule is COC(=O)C1CCS(=O)(=O)CCC1CNC(=O)OC(C)(C)C. The number of methoxy groups -OCH3 is 1. The number of amides is 1. The van der Waals surface area contributed by atoms with Crippen molar-refractivity contribution in [2.24, 2.45) is 11.8 Å². The molecule has 0 saturated carbocycles.